The predicted molar refractivity (Wildman–Crippen MR) is 112 cm³/mol. The zero-order valence-corrected chi connectivity index (χ0v) is 17.7. The Hall–Kier alpha value is -3.23. The molecule has 1 atom stereocenters. The van der Waals surface area contributed by atoms with Gasteiger partial charge in [0.15, 0.2) is 5.65 Å². The van der Waals surface area contributed by atoms with Gasteiger partial charge < -0.3 is 4.90 Å². The quantitative estimate of drug-likeness (QED) is 0.699. The van der Waals surface area contributed by atoms with Gasteiger partial charge in [-0.2, -0.15) is 5.10 Å². The summed E-state index contributed by atoms with van der Waals surface area (Å²) in [4.78, 5) is 43.6. The highest BCUT2D eigenvalue weighted by molar-refractivity contribution is 5.76. The third kappa shape index (κ3) is 3.79. The highest BCUT2D eigenvalue weighted by atomic mass is 16.2. The Balaban J connectivity index is 1.53. The molecule has 1 aliphatic heterocycles. The van der Waals surface area contributed by atoms with E-state index in [0.717, 1.165) is 12.1 Å². The lowest BCUT2D eigenvalue weighted by molar-refractivity contribution is -0.131. The monoisotopic (exact) mass is 410 g/mol. The maximum Gasteiger partial charge on any atom is 0.272 e. The van der Waals surface area contributed by atoms with Crippen molar-refractivity contribution >= 4 is 11.6 Å². The van der Waals surface area contributed by atoms with Gasteiger partial charge in [-0.15, -0.1) is 0 Å². The van der Waals surface area contributed by atoms with E-state index in [1.165, 1.54) is 15.3 Å². The van der Waals surface area contributed by atoms with Gasteiger partial charge in [0.1, 0.15) is 6.54 Å². The summed E-state index contributed by atoms with van der Waals surface area (Å²) in [5, 5.41) is 7.25. The summed E-state index contributed by atoms with van der Waals surface area (Å²) in [6.07, 6.45) is 0.723. The van der Waals surface area contributed by atoms with E-state index in [-0.39, 0.29) is 34.9 Å². The molecule has 3 aromatic rings. The molecular weight excluding hydrogens is 384 g/mol. The van der Waals surface area contributed by atoms with E-state index in [9.17, 15) is 14.4 Å². The maximum atomic E-state index is 12.7. The van der Waals surface area contributed by atoms with Crippen molar-refractivity contribution in [3.05, 3.63) is 62.1 Å². The lowest BCUT2D eigenvalue weighted by Gasteiger charge is -2.17. The molecule has 0 bridgehead atoms. The number of rotatable bonds is 3. The van der Waals surface area contributed by atoms with E-state index in [1.807, 2.05) is 6.07 Å². The molecule has 1 unspecified atom stereocenters. The van der Waals surface area contributed by atoms with Crippen LogP contribution >= 0.6 is 0 Å². The fourth-order valence-electron chi connectivity index (χ4n) is 3.72. The molecule has 0 aromatic carbocycles. The fraction of sp³-hybridized carbons (Fsp3) is 0.476. The van der Waals surface area contributed by atoms with Gasteiger partial charge in [-0.05, 0) is 19.4 Å². The third-order valence-electron chi connectivity index (χ3n) is 5.52. The first-order valence-corrected chi connectivity index (χ1v) is 10.1. The van der Waals surface area contributed by atoms with Crippen molar-refractivity contribution in [1.82, 2.24) is 29.3 Å². The number of carbonyl (C=O) groups excluding carboxylic acids is 1. The van der Waals surface area contributed by atoms with Gasteiger partial charge in [-0.25, -0.2) is 14.2 Å². The largest absolute Gasteiger partial charge is 0.340 e. The summed E-state index contributed by atoms with van der Waals surface area (Å²) >= 11 is 0. The summed E-state index contributed by atoms with van der Waals surface area (Å²) in [5.74, 6) is -0.172. The number of aromatic amines is 1. The van der Waals surface area contributed by atoms with Gasteiger partial charge in [0.25, 0.3) is 11.1 Å². The molecule has 3 aromatic heterocycles. The van der Waals surface area contributed by atoms with Crippen LogP contribution in [0.1, 0.15) is 50.2 Å². The molecule has 4 rings (SSSR count). The molecule has 1 aliphatic rings. The molecule has 4 heterocycles. The number of amides is 1. The van der Waals surface area contributed by atoms with Crippen LogP contribution in [0.15, 0.2) is 33.9 Å². The maximum absolute atomic E-state index is 12.7. The van der Waals surface area contributed by atoms with Crippen molar-refractivity contribution in [1.29, 1.82) is 0 Å². The van der Waals surface area contributed by atoms with Gasteiger partial charge in [-0.1, -0.05) is 20.8 Å². The first kappa shape index (κ1) is 20.1. The summed E-state index contributed by atoms with van der Waals surface area (Å²) in [5.41, 5.74) is 2.31. The van der Waals surface area contributed by atoms with E-state index >= 15 is 0 Å². The molecule has 0 spiro atoms. The molecule has 158 valence electrons. The van der Waals surface area contributed by atoms with Crippen molar-refractivity contribution in [3.63, 3.8) is 0 Å². The van der Waals surface area contributed by atoms with E-state index in [1.54, 1.807) is 24.0 Å². The fourth-order valence-corrected chi connectivity index (χ4v) is 3.72. The molecule has 30 heavy (non-hydrogen) atoms. The minimum Gasteiger partial charge on any atom is -0.340 e. The lowest BCUT2D eigenvalue weighted by atomic mass is 9.93. The summed E-state index contributed by atoms with van der Waals surface area (Å²) in [6.45, 7) is 8.92. The van der Waals surface area contributed by atoms with E-state index < -0.39 is 0 Å². The lowest BCUT2D eigenvalue weighted by Crippen LogP contribution is -2.36. The Morgan fingerprint density at radius 2 is 1.97 bits per heavy atom. The second kappa shape index (κ2) is 7.23. The molecule has 9 heteroatoms. The smallest absolute Gasteiger partial charge is 0.272 e. The topological polar surface area (TPSA) is 105 Å². The van der Waals surface area contributed by atoms with Crippen molar-refractivity contribution in [3.8, 4) is 0 Å². The minimum atomic E-state index is -0.299. The first-order valence-electron chi connectivity index (χ1n) is 10.1. The van der Waals surface area contributed by atoms with Gasteiger partial charge in [0.2, 0.25) is 5.91 Å². The number of nitrogens with zero attached hydrogens (tertiary/aromatic N) is 5. The van der Waals surface area contributed by atoms with Crippen molar-refractivity contribution < 1.29 is 4.79 Å². The molecule has 9 nitrogen and oxygen atoms in total. The molecule has 1 amide bonds. The highest BCUT2D eigenvalue weighted by Gasteiger charge is 2.29. The number of fused-ring (bicyclic) bond motifs is 1. The number of aryl methyl sites for hydroxylation is 1. The molecule has 1 N–H and O–H groups in total. The predicted octanol–water partition coefficient (Wildman–Crippen LogP) is 1.20. The number of hydrogen-bond donors (Lipinski definition) is 1. The Morgan fingerprint density at radius 1 is 1.20 bits per heavy atom. The van der Waals surface area contributed by atoms with Crippen LogP contribution in [0.25, 0.3) is 5.65 Å². The molecule has 1 saturated heterocycles. The number of aromatic nitrogens is 5. The third-order valence-corrected chi connectivity index (χ3v) is 5.52. The van der Waals surface area contributed by atoms with E-state index in [0.29, 0.717) is 30.1 Å². The zero-order chi connectivity index (χ0) is 21.6. The van der Waals surface area contributed by atoms with Crippen molar-refractivity contribution in [2.75, 3.05) is 13.1 Å². The molecule has 0 saturated carbocycles. The molecular formula is C21H26N6O3. The van der Waals surface area contributed by atoms with Gasteiger partial charge in [0.05, 0.1) is 11.4 Å². The normalized spacial score (nSPS) is 17.1. The van der Waals surface area contributed by atoms with Crippen LogP contribution < -0.4 is 11.1 Å². The van der Waals surface area contributed by atoms with E-state index in [2.05, 4.69) is 36.0 Å². The second-order valence-corrected chi connectivity index (χ2v) is 8.93. The summed E-state index contributed by atoms with van der Waals surface area (Å²) in [7, 11) is 0. The minimum absolute atomic E-state index is 0.0122. The molecule has 0 aliphatic carbocycles. The average molecular weight is 410 g/mol. The van der Waals surface area contributed by atoms with E-state index in [4.69, 9.17) is 0 Å². The zero-order valence-electron chi connectivity index (χ0n) is 17.7. The number of H-pyrrole nitrogens is 1. The van der Waals surface area contributed by atoms with Crippen LogP contribution in [-0.2, 0) is 16.8 Å². The van der Waals surface area contributed by atoms with Gasteiger partial charge in [-0.3, -0.25) is 19.5 Å². The van der Waals surface area contributed by atoms with Crippen LogP contribution in [0.4, 0.5) is 0 Å². The Bertz CT molecular complexity index is 1230. The van der Waals surface area contributed by atoms with Crippen LogP contribution in [0, 0.1) is 6.92 Å². The van der Waals surface area contributed by atoms with Gasteiger partial charge >= 0.3 is 0 Å². The standard InChI is InChI=1S/C21H26N6O3/c1-13-5-6-18(28)26(23-13)12-20(30)25-8-7-14(11-25)15-9-19(29)27-17(22-15)10-16(24-27)21(2,3)4/h5-6,9-10,14,24H,7-8,11-12H2,1-4H3. The SMILES string of the molecule is Cc1ccc(=O)n(CC(=O)N2CCC(c3cc(=O)n4[nH]c(C(C)(C)C)cc4n3)C2)n1. The number of likely N-dealkylation sites (tertiary alicyclic amines) is 1. The van der Waals surface area contributed by atoms with Gasteiger partial charge in [0, 0.05) is 48.3 Å². The van der Waals surface area contributed by atoms with Crippen LogP contribution in [0.2, 0.25) is 0 Å². The van der Waals surface area contributed by atoms with Crippen LogP contribution in [-0.4, -0.2) is 48.3 Å². The van der Waals surface area contributed by atoms with Crippen LogP contribution in [0.5, 0.6) is 0 Å². The van der Waals surface area contributed by atoms with Crippen LogP contribution in [0.3, 0.4) is 0 Å². The molecule has 1 fully saturated rings. The summed E-state index contributed by atoms with van der Waals surface area (Å²) in [6, 6.07) is 6.49. The first-order chi connectivity index (χ1) is 14.1. The summed E-state index contributed by atoms with van der Waals surface area (Å²) < 4.78 is 2.65. The average Bonchev–Trinajstić information content (AvgIpc) is 3.31. The highest BCUT2D eigenvalue weighted by Crippen LogP contribution is 2.26. The van der Waals surface area contributed by atoms with Crippen molar-refractivity contribution in [2.45, 2.75) is 52.0 Å². The molecule has 0 radical (unpaired) electrons. The number of nitrogens with one attached hydrogen (secondary N) is 1. The van der Waals surface area contributed by atoms with Crippen molar-refractivity contribution in [2.24, 2.45) is 0 Å². The second-order valence-electron chi connectivity index (χ2n) is 8.93. The number of carbonyl (C=O) groups is 1. The Kier molecular flexibility index (Phi) is 4.83. The Morgan fingerprint density at radius 3 is 2.70 bits per heavy atom. The Labute approximate surface area is 173 Å². The number of hydrogen-bond acceptors (Lipinski definition) is 5.